The van der Waals surface area contributed by atoms with E-state index in [0.717, 1.165) is 31.4 Å². The van der Waals surface area contributed by atoms with Crippen LogP contribution >= 0.6 is 11.6 Å². The van der Waals surface area contributed by atoms with Gasteiger partial charge in [0.15, 0.2) is 11.5 Å². The minimum absolute atomic E-state index is 0.0179. The molecule has 1 N–H and O–H groups in total. The van der Waals surface area contributed by atoms with Crippen molar-refractivity contribution in [1.29, 1.82) is 0 Å². The fourth-order valence-corrected chi connectivity index (χ4v) is 3.53. The van der Waals surface area contributed by atoms with Crippen LogP contribution in [0.4, 0.5) is 0 Å². The van der Waals surface area contributed by atoms with E-state index in [4.69, 9.17) is 21.1 Å². The number of methoxy groups -OCH3 is 2. The minimum Gasteiger partial charge on any atom is -0.493 e. The summed E-state index contributed by atoms with van der Waals surface area (Å²) in [4.78, 5) is 14.3. The smallest absolute Gasteiger partial charge is 0.238 e. The summed E-state index contributed by atoms with van der Waals surface area (Å²) in [5.41, 5.74) is 0.926. The fraction of sp³-hybridized carbons (Fsp3) is 0.533. The van der Waals surface area contributed by atoms with E-state index in [1.807, 2.05) is 12.1 Å². The number of amides is 1. The highest BCUT2D eigenvalue weighted by molar-refractivity contribution is 6.32. The summed E-state index contributed by atoms with van der Waals surface area (Å²) in [6, 6.07) is 3.70. The Kier molecular flexibility index (Phi) is 3.95. The molecule has 2 heterocycles. The number of nitrogens with one attached hydrogen (secondary N) is 1. The van der Waals surface area contributed by atoms with Crippen molar-refractivity contribution in [2.75, 3.05) is 20.8 Å². The lowest BCUT2D eigenvalue weighted by atomic mass is 10.0. The van der Waals surface area contributed by atoms with Crippen LogP contribution in [0.1, 0.15) is 31.0 Å². The average Bonchev–Trinajstić information content (AvgIpc) is 2.84. The number of fused-ring (bicyclic) bond motifs is 1. The largest absolute Gasteiger partial charge is 0.493 e. The van der Waals surface area contributed by atoms with Crippen LogP contribution in [0.15, 0.2) is 12.1 Å². The Morgan fingerprint density at radius 1 is 1.29 bits per heavy atom. The van der Waals surface area contributed by atoms with Crippen molar-refractivity contribution in [3.8, 4) is 11.5 Å². The van der Waals surface area contributed by atoms with Gasteiger partial charge in [0.25, 0.3) is 0 Å². The number of ether oxygens (including phenoxy) is 2. The molecule has 6 heteroatoms. The summed E-state index contributed by atoms with van der Waals surface area (Å²) in [6.45, 7) is 0.917. The zero-order valence-corrected chi connectivity index (χ0v) is 12.9. The molecule has 2 unspecified atom stereocenters. The lowest BCUT2D eigenvalue weighted by Gasteiger charge is -2.31. The highest BCUT2D eigenvalue weighted by atomic mass is 35.5. The van der Waals surface area contributed by atoms with E-state index < -0.39 is 0 Å². The van der Waals surface area contributed by atoms with Crippen molar-refractivity contribution in [2.24, 2.45) is 0 Å². The Bertz CT molecular complexity index is 564. The van der Waals surface area contributed by atoms with E-state index in [-0.39, 0.29) is 18.1 Å². The number of piperidine rings is 1. The molecule has 2 aliphatic heterocycles. The van der Waals surface area contributed by atoms with Gasteiger partial charge in [-0.2, -0.15) is 0 Å². The third-order valence-electron chi connectivity index (χ3n) is 4.23. The van der Waals surface area contributed by atoms with Crippen LogP contribution < -0.4 is 14.8 Å². The predicted octanol–water partition coefficient (Wildman–Crippen LogP) is 2.34. The standard InChI is InChI=1S/C15H19ClN2O3/c1-20-12-8-9(7-10(16)13(12)21-2)14-17-15(19)11-5-3-4-6-18(11)14/h7-8,11,14H,3-6H2,1-2H3,(H,17,19). The summed E-state index contributed by atoms with van der Waals surface area (Å²) in [5, 5.41) is 3.55. The SMILES string of the molecule is COc1cc(C2NC(=O)C3CCCCN32)cc(Cl)c1OC. The Morgan fingerprint density at radius 2 is 2.10 bits per heavy atom. The molecule has 1 amide bonds. The van der Waals surface area contributed by atoms with Crippen molar-refractivity contribution in [2.45, 2.75) is 31.5 Å². The maximum Gasteiger partial charge on any atom is 0.238 e. The number of halogens is 1. The van der Waals surface area contributed by atoms with Crippen LogP contribution in [0.25, 0.3) is 0 Å². The quantitative estimate of drug-likeness (QED) is 0.931. The predicted molar refractivity (Wildman–Crippen MR) is 79.8 cm³/mol. The number of hydrogen-bond acceptors (Lipinski definition) is 4. The molecule has 0 aromatic heterocycles. The van der Waals surface area contributed by atoms with Gasteiger partial charge in [-0.05, 0) is 30.5 Å². The number of carbonyl (C=O) groups is 1. The Labute approximate surface area is 129 Å². The molecule has 2 aliphatic rings. The van der Waals surface area contributed by atoms with Gasteiger partial charge in [-0.25, -0.2) is 0 Å². The number of rotatable bonds is 3. The molecule has 0 radical (unpaired) electrons. The third-order valence-corrected chi connectivity index (χ3v) is 4.51. The highest BCUT2D eigenvalue weighted by Crippen LogP contribution is 2.40. The normalized spacial score (nSPS) is 25.4. The van der Waals surface area contributed by atoms with Gasteiger partial charge in [0.1, 0.15) is 6.17 Å². The van der Waals surface area contributed by atoms with E-state index in [0.29, 0.717) is 16.5 Å². The molecule has 0 aliphatic carbocycles. The van der Waals surface area contributed by atoms with E-state index in [1.54, 1.807) is 14.2 Å². The maximum atomic E-state index is 12.1. The Balaban J connectivity index is 1.97. The van der Waals surface area contributed by atoms with Crippen LogP contribution in [0, 0.1) is 0 Å². The van der Waals surface area contributed by atoms with Crippen LogP contribution in [0.3, 0.4) is 0 Å². The summed E-state index contributed by atoms with van der Waals surface area (Å²) in [5.74, 6) is 1.20. The van der Waals surface area contributed by atoms with Gasteiger partial charge in [-0.3, -0.25) is 9.69 Å². The highest BCUT2D eigenvalue weighted by Gasteiger charge is 2.41. The molecule has 2 atom stereocenters. The van der Waals surface area contributed by atoms with E-state index in [9.17, 15) is 4.79 Å². The maximum absolute atomic E-state index is 12.1. The zero-order valence-electron chi connectivity index (χ0n) is 12.2. The molecular formula is C15H19ClN2O3. The van der Waals surface area contributed by atoms with E-state index in [2.05, 4.69) is 10.2 Å². The number of nitrogens with zero attached hydrogens (tertiary/aromatic N) is 1. The molecule has 0 bridgehead atoms. The number of benzene rings is 1. The second kappa shape index (κ2) is 5.73. The van der Waals surface area contributed by atoms with Crippen LogP contribution in [-0.4, -0.2) is 37.6 Å². The number of hydrogen-bond donors (Lipinski definition) is 1. The van der Waals surface area contributed by atoms with E-state index in [1.165, 1.54) is 0 Å². The van der Waals surface area contributed by atoms with Crippen molar-refractivity contribution in [1.82, 2.24) is 10.2 Å². The molecule has 3 rings (SSSR count). The molecule has 2 saturated heterocycles. The molecule has 114 valence electrons. The van der Waals surface area contributed by atoms with Gasteiger partial charge >= 0.3 is 0 Å². The minimum atomic E-state index is -0.139. The van der Waals surface area contributed by atoms with Crippen molar-refractivity contribution >= 4 is 17.5 Å². The summed E-state index contributed by atoms with van der Waals surface area (Å²) < 4.78 is 10.6. The first-order chi connectivity index (χ1) is 10.2. The topological polar surface area (TPSA) is 50.8 Å². The third kappa shape index (κ3) is 2.45. The lowest BCUT2D eigenvalue weighted by molar-refractivity contribution is -0.122. The zero-order chi connectivity index (χ0) is 15.0. The summed E-state index contributed by atoms with van der Waals surface area (Å²) >= 11 is 6.27. The van der Waals surface area contributed by atoms with Gasteiger partial charge < -0.3 is 14.8 Å². The molecule has 0 saturated carbocycles. The Hall–Kier alpha value is -1.46. The molecule has 2 fully saturated rings. The van der Waals surface area contributed by atoms with Crippen molar-refractivity contribution in [3.63, 3.8) is 0 Å². The average molecular weight is 311 g/mol. The first-order valence-electron chi connectivity index (χ1n) is 7.13. The fourth-order valence-electron chi connectivity index (χ4n) is 3.23. The van der Waals surface area contributed by atoms with Gasteiger partial charge in [0.05, 0.1) is 25.3 Å². The molecule has 1 aromatic rings. The van der Waals surface area contributed by atoms with Gasteiger partial charge in [-0.1, -0.05) is 18.0 Å². The van der Waals surface area contributed by atoms with Crippen LogP contribution in [0.5, 0.6) is 11.5 Å². The first kappa shape index (κ1) is 14.5. The molecular weight excluding hydrogens is 292 g/mol. The van der Waals surface area contributed by atoms with Crippen LogP contribution in [-0.2, 0) is 4.79 Å². The van der Waals surface area contributed by atoms with Crippen molar-refractivity contribution < 1.29 is 14.3 Å². The molecule has 0 spiro atoms. The monoisotopic (exact) mass is 310 g/mol. The van der Waals surface area contributed by atoms with Crippen LogP contribution in [0.2, 0.25) is 5.02 Å². The summed E-state index contributed by atoms with van der Waals surface area (Å²) in [6.07, 6.45) is 3.00. The molecule has 1 aromatic carbocycles. The van der Waals surface area contributed by atoms with Gasteiger partial charge in [-0.15, -0.1) is 0 Å². The lowest BCUT2D eigenvalue weighted by Crippen LogP contribution is -2.38. The first-order valence-corrected chi connectivity index (χ1v) is 7.51. The molecule has 21 heavy (non-hydrogen) atoms. The van der Waals surface area contributed by atoms with Gasteiger partial charge in [0, 0.05) is 6.54 Å². The summed E-state index contributed by atoms with van der Waals surface area (Å²) in [7, 11) is 3.14. The van der Waals surface area contributed by atoms with Crippen molar-refractivity contribution in [3.05, 3.63) is 22.7 Å². The molecule has 5 nitrogen and oxygen atoms in total. The van der Waals surface area contributed by atoms with E-state index >= 15 is 0 Å². The van der Waals surface area contributed by atoms with Gasteiger partial charge in [0.2, 0.25) is 5.91 Å². The second-order valence-corrected chi connectivity index (χ2v) is 5.81. The Morgan fingerprint density at radius 3 is 2.81 bits per heavy atom. The second-order valence-electron chi connectivity index (χ2n) is 5.40. The number of carbonyl (C=O) groups excluding carboxylic acids is 1.